The van der Waals surface area contributed by atoms with Crippen LogP contribution in [-0.4, -0.2) is 68.9 Å². The Kier molecular flexibility index (Phi) is 9.25. The van der Waals surface area contributed by atoms with Crippen LogP contribution in [0.4, 0.5) is 26.7 Å². The van der Waals surface area contributed by atoms with Crippen molar-refractivity contribution in [3.05, 3.63) is 112 Å². The van der Waals surface area contributed by atoms with E-state index in [0.29, 0.717) is 59.8 Å². The molecule has 0 spiro atoms. The van der Waals surface area contributed by atoms with Gasteiger partial charge in [0, 0.05) is 71.2 Å². The number of methoxy groups -OCH3 is 1. The van der Waals surface area contributed by atoms with Gasteiger partial charge >= 0.3 is 18.1 Å². The number of piperazine rings is 1. The van der Waals surface area contributed by atoms with Gasteiger partial charge in [0.2, 0.25) is 0 Å². The Labute approximate surface area is 294 Å². The molecule has 0 aromatic heterocycles. The highest BCUT2D eigenvalue weighted by molar-refractivity contribution is 6.35. The average Bonchev–Trinajstić information content (AvgIpc) is 3.43. The van der Waals surface area contributed by atoms with Crippen LogP contribution in [0.5, 0.6) is 0 Å². The lowest BCUT2D eigenvalue weighted by Crippen LogP contribution is -2.49. The molecule has 4 aromatic rings. The second-order valence-electron chi connectivity index (χ2n) is 12.3. The average molecular weight is 701 g/mol. The molecule has 3 N–H and O–H groups in total. The Morgan fingerprint density at radius 3 is 2.18 bits per heavy atom. The zero-order valence-electron chi connectivity index (χ0n) is 26.7. The SMILES string of the molecule is COC(=O)[C@H]1C[C@H](NC(=O)Nc2ccc(N3CCN(C(=O)OCC4c5ccccc5-c5ccccc54)CC3)cc2)c2c(Cl)cc(Cl)cc2N1. The number of amides is 3. The Balaban J connectivity index is 0.917. The minimum atomic E-state index is -0.679. The standard InChI is InChI=1S/C37H35Cl2N5O5/c1-48-35(45)33-20-32(34-30(39)18-22(38)19-31(34)41-33)42-36(46)40-23-10-12-24(13-11-23)43-14-16-44(17-15-43)37(47)49-21-29-27-8-4-2-6-25(27)26-7-3-5-9-28(26)29/h2-13,18-19,29,32-33,41H,14-17,20-21H2,1H3,(H2,40,42,46)/t32-,33+/m0/s1. The summed E-state index contributed by atoms with van der Waals surface area (Å²) in [5, 5.41) is 9.70. The molecule has 2 atom stereocenters. The molecule has 7 rings (SSSR count). The number of urea groups is 1. The first kappa shape index (κ1) is 32.6. The Morgan fingerprint density at radius 1 is 0.878 bits per heavy atom. The lowest BCUT2D eigenvalue weighted by molar-refractivity contribution is -0.141. The van der Waals surface area contributed by atoms with Crippen LogP contribution in [0.1, 0.15) is 35.1 Å². The Bertz CT molecular complexity index is 1850. The summed E-state index contributed by atoms with van der Waals surface area (Å²) in [5.74, 6) is -0.431. The molecule has 49 heavy (non-hydrogen) atoms. The van der Waals surface area contributed by atoms with Crippen molar-refractivity contribution in [1.82, 2.24) is 10.2 Å². The number of esters is 1. The van der Waals surface area contributed by atoms with Gasteiger partial charge in [0.15, 0.2) is 0 Å². The third-order valence-corrected chi connectivity index (χ3v) is 9.93. The van der Waals surface area contributed by atoms with E-state index in [0.717, 1.165) is 5.69 Å². The molecule has 0 unspecified atom stereocenters. The summed E-state index contributed by atoms with van der Waals surface area (Å²) in [6.07, 6.45) is -0.0548. The summed E-state index contributed by atoms with van der Waals surface area (Å²) in [6, 6.07) is 25.7. The van der Waals surface area contributed by atoms with E-state index in [-0.39, 0.29) is 18.4 Å². The van der Waals surface area contributed by atoms with Gasteiger partial charge in [0.05, 0.1) is 13.2 Å². The summed E-state index contributed by atoms with van der Waals surface area (Å²) >= 11 is 12.7. The number of hydrogen-bond acceptors (Lipinski definition) is 7. The molecule has 252 valence electrons. The maximum absolute atomic E-state index is 13.1. The zero-order valence-corrected chi connectivity index (χ0v) is 28.3. The normalized spacial score (nSPS) is 18.0. The quantitative estimate of drug-likeness (QED) is 0.181. The predicted molar refractivity (Wildman–Crippen MR) is 191 cm³/mol. The van der Waals surface area contributed by atoms with Crippen LogP contribution in [0.15, 0.2) is 84.9 Å². The zero-order chi connectivity index (χ0) is 34.1. The highest BCUT2D eigenvalue weighted by Gasteiger charge is 2.34. The molecular weight excluding hydrogens is 665 g/mol. The maximum atomic E-state index is 13.1. The van der Waals surface area contributed by atoms with Gasteiger partial charge < -0.3 is 35.2 Å². The molecular formula is C37H35Cl2N5O5. The van der Waals surface area contributed by atoms with Crippen LogP contribution >= 0.6 is 23.2 Å². The number of carbonyl (C=O) groups is 3. The van der Waals surface area contributed by atoms with E-state index in [4.69, 9.17) is 32.7 Å². The van der Waals surface area contributed by atoms with E-state index in [9.17, 15) is 14.4 Å². The molecule has 10 nitrogen and oxygen atoms in total. The molecule has 1 fully saturated rings. The molecule has 12 heteroatoms. The molecule has 3 aliphatic rings. The largest absolute Gasteiger partial charge is 0.467 e. The number of ether oxygens (including phenoxy) is 2. The van der Waals surface area contributed by atoms with E-state index in [2.05, 4.69) is 45.1 Å². The Hall–Kier alpha value is -4.93. The summed E-state index contributed by atoms with van der Waals surface area (Å²) in [5.41, 5.74) is 7.57. The molecule has 2 aliphatic heterocycles. The number of halogens is 2. The number of hydrogen-bond donors (Lipinski definition) is 3. The summed E-state index contributed by atoms with van der Waals surface area (Å²) in [7, 11) is 1.31. The predicted octanol–water partition coefficient (Wildman–Crippen LogP) is 7.28. The lowest BCUT2D eigenvalue weighted by Gasteiger charge is -2.35. The first-order valence-electron chi connectivity index (χ1n) is 16.1. The van der Waals surface area contributed by atoms with Crippen LogP contribution in [0.2, 0.25) is 10.0 Å². The fraction of sp³-hybridized carbons (Fsp3) is 0.270. The summed E-state index contributed by atoms with van der Waals surface area (Å²) in [4.78, 5) is 42.4. The van der Waals surface area contributed by atoms with Crippen LogP contribution < -0.4 is 20.9 Å². The highest BCUT2D eigenvalue weighted by Crippen LogP contribution is 2.44. The van der Waals surface area contributed by atoms with Gasteiger partial charge in [-0.25, -0.2) is 14.4 Å². The first-order valence-corrected chi connectivity index (χ1v) is 16.9. The number of fused-ring (bicyclic) bond motifs is 4. The fourth-order valence-electron chi connectivity index (χ4n) is 7.00. The minimum absolute atomic E-state index is 0.0241. The van der Waals surface area contributed by atoms with E-state index >= 15 is 0 Å². The van der Waals surface area contributed by atoms with Crippen LogP contribution in [-0.2, 0) is 14.3 Å². The minimum Gasteiger partial charge on any atom is -0.467 e. The summed E-state index contributed by atoms with van der Waals surface area (Å²) in [6.45, 7) is 2.68. The van der Waals surface area contributed by atoms with E-state index in [1.807, 2.05) is 48.5 Å². The van der Waals surface area contributed by atoms with Crippen molar-refractivity contribution in [3.63, 3.8) is 0 Å². The smallest absolute Gasteiger partial charge is 0.409 e. The second kappa shape index (κ2) is 13.9. The number of carbonyl (C=O) groups excluding carboxylic acids is 3. The molecule has 1 saturated heterocycles. The molecule has 0 bridgehead atoms. The number of anilines is 3. The van der Waals surface area contributed by atoms with E-state index in [1.54, 1.807) is 17.0 Å². The van der Waals surface area contributed by atoms with Gasteiger partial charge in [-0.1, -0.05) is 71.7 Å². The monoisotopic (exact) mass is 699 g/mol. The van der Waals surface area contributed by atoms with Gasteiger partial charge in [-0.15, -0.1) is 0 Å². The van der Waals surface area contributed by atoms with E-state index < -0.39 is 24.1 Å². The van der Waals surface area contributed by atoms with Crippen molar-refractivity contribution in [1.29, 1.82) is 0 Å². The number of nitrogens with one attached hydrogen (secondary N) is 3. The highest BCUT2D eigenvalue weighted by atomic mass is 35.5. The van der Waals surface area contributed by atoms with Crippen LogP contribution in [0, 0.1) is 0 Å². The van der Waals surface area contributed by atoms with Crippen molar-refractivity contribution < 1.29 is 23.9 Å². The van der Waals surface area contributed by atoms with Gasteiger partial charge in [0.1, 0.15) is 12.6 Å². The van der Waals surface area contributed by atoms with Gasteiger partial charge in [-0.3, -0.25) is 0 Å². The lowest BCUT2D eigenvalue weighted by atomic mass is 9.92. The van der Waals surface area contributed by atoms with Crippen molar-refractivity contribution in [2.24, 2.45) is 0 Å². The molecule has 0 saturated carbocycles. The van der Waals surface area contributed by atoms with E-state index in [1.165, 1.54) is 29.4 Å². The second-order valence-corrected chi connectivity index (χ2v) is 13.1. The maximum Gasteiger partial charge on any atom is 0.409 e. The fourth-order valence-corrected chi connectivity index (χ4v) is 7.63. The molecule has 4 aromatic carbocycles. The molecule has 0 radical (unpaired) electrons. The van der Waals surface area contributed by atoms with Gasteiger partial charge in [-0.2, -0.15) is 0 Å². The molecule has 2 heterocycles. The number of rotatable bonds is 6. The Morgan fingerprint density at radius 2 is 1.53 bits per heavy atom. The van der Waals surface area contributed by atoms with Crippen molar-refractivity contribution >= 4 is 58.4 Å². The van der Waals surface area contributed by atoms with Gasteiger partial charge in [-0.05, 0) is 58.7 Å². The van der Waals surface area contributed by atoms with Crippen LogP contribution in [0.25, 0.3) is 11.1 Å². The van der Waals surface area contributed by atoms with Crippen molar-refractivity contribution in [2.45, 2.75) is 24.4 Å². The molecule has 1 aliphatic carbocycles. The third-order valence-electron chi connectivity index (χ3n) is 9.40. The topological polar surface area (TPSA) is 112 Å². The van der Waals surface area contributed by atoms with Gasteiger partial charge in [0.25, 0.3) is 0 Å². The number of nitrogens with zero attached hydrogens (tertiary/aromatic N) is 2. The molecule has 3 amide bonds. The number of benzene rings is 4. The van der Waals surface area contributed by atoms with Crippen molar-refractivity contribution in [3.8, 4) is 11.1 Å². The van der Waals surface area contributed by atoms with Crippen LogP contribution in [0.3, 0.4) is 0 Å². The van der Waals surface area contributed by atoms with Crippen molar-refractivity contribution in [2.75, 3.05) is 55.4 Å². The first-order chi connectivity index (χ1) is 23.8. The summed E-state index contributed by atoms with van der Waals surface area (Å²) < 4.78 is 10.8. The third kappa shape index (κ3) is 6.71.